The minimum Gasteiger partial charge on any atom is -0.355 e. The van der Waals surface area contributed by atoms with Crippen LogP contribution >= 0.6 is 0 Å². The molecule has 0 aromatic rings. The van der Waals surface area contributed by atoms with Crippen LogP contribution in [0.1, 0.15) is 52.4 Å². The fraction of sp³-hybridized carbons (Fsp3) is 0.929. The van der Waals surface area contributed by atoms with Crippen molar-refractivity contribution in [2.24, 2.45) is 11.3 Å². The lowest BCUT2D eigenvalue weighted by Crippen LogP contribution is -2.35. The lowest BCUT2D eigenvalue weighted by Gasteiger charge is -2.19. The van der Waals surface area contributed by atoms with E-state index in [1.165, 1.54) is 25.7 Å². The first-order chi connectivity index (χ1) is 8.10. The third-order valence-corrected chi connectivity index (χ3v) is 4.05. The van der Waals surface area contributed by atoms with Gasteiger partial charge in [0.2, 0.25) is 5.91 Å². The zero-order valence-corrected chi connectivity index (χ0v) is 11.2. The van der Waals surface area contributed by atoms with Gasteiger partial charge in [0.25, 0.3) is 0 Å². The van der Waals surface area contributed by atoms with Gasteiger partial charge in [0.05, 0.1) is 0 Å². The Morgan fingerprint density at radius 1 is 1.47 bits per heavy atom. The molecular formula is C14H26N2O. The summed E-state index contributed by atoms with van der Waals surface area (Å²) >= 11 is 0. The summed E-state index contributed by atoms with van der Waals surface area (Å²) in [5.74, 6) is 0.977. The number of carbonyl (C=O) groups excluding carboxylic acids is 1. The SMILES string of the molecule is CC(C)CC1(CNC(=O)CC2CCCN2)CC1. The van der Waals surface area contributed by atoms with E-state index in [4.69, 9.17) is 0 Å². The Morgan fingerprint density at radius 3 is 2.76 bits per heavy atom. The molecule has 1 saturated carbocycles. The maximum absolute atomic E-state index is 11.8. The van der Waals surface area contributed by atoms with Crippen LogP contribution in [0.2, 0.25) is 0 Å². The third-order valence-electron chi connectivity index (χ3n) is 4.05. The van der Waals surface area contributed by atoms with Crippen molar-refractivity contribution in [3.8, 4) is 0 Å². The van der Waals surface area contributed by atoms with E-state index in [1.54, 1.807) is 0 Å². The normalized spacial score (nSPS) is 26.2. The zero-order chi connectivity index (χ0) is 12.3. The fourth-order valence-electron chi connectivity index (χ4n) is 3.01. The molecule has 0 aromatic heterocycles. The van der Waals surface area contributed by atoms with Gasteiger partial charge >= 0.3 is 0 Å². The van der Waals surface area contributed by atoms with Crippen molar-refractivity contribution in [3.05, 3.63) is 0 Å². The van der Waals surface area contributed by atoms with Gasteiger partial charge < -0.3 is 10.6 Å². The summed E-state index contributed by atoms with van der Waals surface area (Å²) in [6.45, 7) is 6.51. The molecule has 1 aliphatic heterocycles. The number of amides is 1. The van der Waals surface area contributed by atoms with Gasteiger partial charge in [-0.3, -0.25) is 4.79 Å². The Kier molecular flexibility index (Phi) is 4.08. The Labute approximate surface area is 105 Å². The van der Waals surface area contributed by atoms with Crippen LogP contribution in [0.4, 0.5) is 0 Å². The fourth-order valence-corrected chi connectivity index (χ4v) is 3.01. The van der Waals surface area contributed by atoms with Crippen molar-refractivity contribution >= 4 is 5.91 Å². The number of hydrogen-bond acceptors (Lipinski definition) is 2. The highest BCUT2D eigenvalue weighted by molar-refractivity contribution is 5.76. The molecule has 2 N–H and O–H groups in total. The predicted molar refractivity (Wildman–Crippen MR) is 69.8 cm³/mol. The van der Waals surface area contributed by atoms with Gasteiger partial charge in [-0.15, -0.1) is 0 Å². The van der Waals surface area contributed by atoms with E-state index >= 15 is 0 Å². The van der Waals surface area contributed by atoms with Crippen molar-refractivity contribution in [3.63, 3.8) is 0 Å². The van der Waals surface area contributed by atoms with Gasteiger partial charge in [-0.2, -0.15) is 0 Å². The summed E-state index contributed by atoms with van der Waals surface area (Å²) in [5.41, 5.74) is 0.451. The van der Waals surface area contributed by atoms with Gasteiger partial charge in [0.1, 0.15) is 0 Å². The summed E-state index contributed by atoms with van der Waals surface area (Å²) in [7, 11) is 0. The summed E-state index contributed by atoms with van der Waals surface area (Å²) in [4.78, 5) is 11.8. The lowest BCUT2D eigenvalue weighted by molar-refractivity contribution is -0.121. The van der Waals surface area contributed by atoms with Crippen LogP contribution in [-0.4, -0.2) is 25.0 Å². The second-order valence-corrected chi connectivity index (χ2v) is 6.37. The van der Waals surface area contributed by atoms with Crippen molar-refractivity contribution in [2.45, 2.75) is 58.4 Å². The smallest absolute Gasteiger partial charge is 0.221 e. The van der Waals surface area contributed by atoms with E-state index in [2.05, 4.69) is 24.5 Å². The van der Waals surface area contributed by atoms with E-state index in [1.807, 2.05) is 0 Å². The first-order valence-electron chi connectivity index (χ1n) is 7.10. The highest BCUT2D eigenvalue weighted by Crippen LogP contribution is 2.49. The summed E-state index contributed by atoms with van der Waals surface area (Å²) in [5, 5.41) is 6.51. The van der Waals surface area contributed by atoms with E-state index in [9.17, 15) is 4.79 Å². The molecule has 1 aliphatic carbocycles. The summed E-state index contributed by atoms with van der Waals surface area (Å²) < 4.78 is 0. The zero-order valence-electron chi connectivity index (χ0n) is 11.2. The van der Waals surface area contributed by atoms with E-state index in [0.717, 1.165) is 25.4 Å². The molecule has 2 aliphatic rings. The third kappa shape index (κ3) is 3.98. The largest absolute Gasteiger partial charge is 0.355 e. The van der Waals surface area contributed by atoms with Gasteiger partial charge in [0.15, 0.2) is 0 Å². The van der Waals surface area contributed by atoms with Crippen molar-refractivity contribution in [1.82, 2.24) is 10.6 Å². The van der Waals surface area contributed by atoms with Crippen LogP contribution in [0.3, 0.4) is 0 Å². The molecule has 0 radical (unpaired) electrons. The number of nitrogens with one attached hydrogen (secondary N) is 2. The second kappa shape index (κ2) is 5.38. The first kappa shape index (κ1) is 12.9. The molecule has 3 heteroatoms. The highest BCUT2D eigenvalue weighted by Gasteiger charge is 2.42. The van der Waals surface area contributed by atoms with Crippen LogP contribution in [0, 0.1) is 11.3 Å². The molecule has 1 heterocycles. The summed E-state index contributed by atoms with van der Waals surface area (Å²) in [6, 6.07) is 0.426. The number of hydrogen-bond donors (Lipinski definition) is 2. The average molecular weight is 238 g/mol. The molecule has 3 nitrogen and oxygen atoms in total. The van der Waals surface area contributed by atoms with Crippen LogP contribution < -0.4 is 10.6 Å². The molecule has 0 spiro atoms. The summed E-state index contributed by atoms with van der Waals surface area (Å²) in [6.07, 6.45) is 6.90. The Balaban J connectivity index is 1.65. The molecule has 1 saturated heterocycles. The van der Waals surface area contributed by atoms with Crippen LogP contribution in [0.15, 0.2) is 0 Å². The molecule has 1 unspecified atom stereocenters. The van der Waals surface area contributed by atoms with E-state index < -0.39 is 0 Å². The molecule has 1 amide bonds. The Hall–Kier alpha value is -0.570. The second-order valence-electron chi connectivity index (χ2n) is 6.37. The van der Waals surface area contributed by atoms with Crippen LogP contribution in [0.5, 0.6) is 0 Å². The quantitative estimate of drug-likeness (QED) is 0.744. The molecule has 98 valence electrons. The topological polar surface area (TPSA) is 41.1 Å². The van der Waals surface area contributed by atoms with Gasteiger partial charge in [-0.25, -0.2) is 0 Å². The first-order valence-corrected chi connectivity index (χ1v) is 7.10. The monoisotopic (exact) mass is 238 g/mol. The molecule has 2 fully saturated rings. The number of rotatable bonds is 6. The number of carbonyl (C=O) groups is 1. The van der Waals surface area contributed by atoms with Crippen LogP contribution in [0.25, 0.3) is 0 Å². The maximum Gasteiger partial charge on any atom is 0.221 e. The standard InChI is InChI=1S/C14H26N2O/c1-11(2)9-14(5-6-14)10-16-13(17)8-12-4-3-7-15-12/h11-12,15H,3-10H2,1-2H3,(H,16,17). The predicted octanol–water partition coefficient (Wildman–Crippen LogP) is 2.07. The highest BCUT2D eigenvalue weighted by atomic mass is 16.1. The van der Waals surface area contributed by atoms with Gasteiger partial charge in [-0.05, 0) is 50.0 Å². The minimum absolute atomic E-state index is 0.236. The Bertz CT molecular complexity index is 265. The molecule has 17 heavy (non-hydrogen) atoms. The minimum atomic E-state index is 0.236. The van der Waals surface area contributed by atoms with Crippen LogP contribution in [-0.2, 0) is 4.79 Å². The molecular weight excluding hydrogens is 212 g/mol. The van der Waals surface area contributed by atoms with Crippen molar-refractivity contribution < 1.29 is 4.79 Å². The van der Waals surface area contributed by atoms with E-state index in [0.29, 0.717) is 17.9 Å². The Morgan fingerprint density at radius 2 is 2.24 bits per heavy atom. The molecule has 0 aromatic carbocycles. The van der Waals surface area contributed by atoms with Gasteiger partial charge in [0, 0.05) is 19.0 Å². The molecule has 0 bridgehead atoms. The maximum atomic E-state index is 11.8. The molecule has 1 atom stereocenters. The van der Waals surface area contributed by atoms with Crippen molar-refractivity contribution in [2.75, 3.05) is 13.1 Å². The van der Waals surface area contributed by atoms with Crippen molar-refractivity contribution in [1.29, 1.82) is 0 Å². The average Bonchev–Trinajstić information content (AvgIpc) is 2.81. The van der Waals surface area contributed by atoms with E-state index in [-0.39, 0.29) is 5.91 Å². The van der Waals surface area contributed by atoms with Gasteiger partial charge in [-0.1, -0.05) is 13.8 Å². The lowest BCUT2D eigenvalue weighted by atomic mass is 9.94. The molecule has 2 rings (SSSR count).